The molecule has 1 N–H and O–H groups in total. The zero-order valence-electron chi connectivity index (χ0n) is 11.7. The van der Waals surface area contributed by atoms with Crippen LogP contribution in [0.2, 0.25) is 10.0 Å². The monoisotopic (exact) mass is 337 g/mol. The Balaban J connectivity index is 1.91. The lowest BCUT2D eigenvalue weighted by Gasteiger charge is -2.10. The minimum Gasteiger partial charge on any atom is -0.452 e. The minimum atomic E-state index is -0.588. The second-order valence-corrected chi connectivity index (χ2v) is 5.39. The summed E-state index contributed by atoms with van der Waals surface area (Å²) in [6.45, 7) is 1.41. The Hall–Kier alpha value is -2.04. The Morgan fingerprint density at radius 2 is 1.77 bits per heavy atom. The first kappa shape index (κ1) is 16.3. The van der Waals surface area contributed by atoms with Crippen LogP contribution in [0.1, 0.15) is 15.9 Å². The van der Waals surface area contributed by atoms with Gasteiger partial charge in [0.1, 0.15) is 0 Å². The number of anilines is 1. The van der Waals surface area contributed by atoms with Crippen molar-refractivity contribution >= 4 is 40.8 Å². The van der Waals surface area contributed by atoms with E-state index in [-0.39, 0.29) is 6.61 Å². The molecule has 22 heavy (non-hydrogen) atoms. The zero-order valence-corrected chi connectivity index (χ0v) is 13.2. The number of halogens is 2. The summed E-state index contributed by atoms with van der Waals surface area (Å²) >= 11 is 11.7. The summed E-state index contributed by atoms with van der Waals surface area (Å²) < 4.78 is 4.95. The van der Waals surface area contributed by atoms with E-state index in [1.54, 1.807) is 37.3 Å². The largest absolute Gasteiger partial charge is 0.452 e. The van der Waals surface area contributed by atoms with E-state index in [1.165, 1.54) is 12.1 Å². The summed E-state index contributed by atoms with van der Waals surface area (Å²) in [5, 5.41) is 3.72. The average molecular weight is 338 g/mol. The number of carbonyl (C=O) groups excluding carboxylic acids is 2. The van der Waals surface area contributed by atoms with E-state index < -0.39 is 11.9 Å². The predicted octanol–water partition coefficient (Wildman–Crippen LogP) is 4.10. The SMILES string of the molecule is Cc1c(Cl)cccc1NC(=O)COC(=O)c1ccc(Cl)cc1. The van der Waals surface area contributed by atoms with E-state index in [0.29, 0.717) is 21.3 Å². The molecule has 0 saturated heterocycles. The van der Waals surface area contributed by atoms with Crippen LogP contribution in [-0.2, 0) is 9.53 Å². The van der Waals surface area contributed by atoms with Crippen molar-refractivity contribution in [1.82, 2.24) is 0 Å². The van der Waals surface area contributed by atoms with Crippen LogP contribution in [0.15, 0.2) is 42.5 Å². The van der Waals surface area contributed by atoms with Gasteiger partial charge >= 0.3 is 5.97 Å². The third-order valence-electron chi connectivity index (χ3n) is 2.96. The van der Waals surface area contributed by atoms with Crippen molar-refractivity contribution in [1.29, 1.82) is 0 Å². The Morgan fingerprint density at radius 3 is 2.45 bits per heavy atom. The molecule has 0 aliphatic rings. The highest BCUT2D eigenvalue weighted by molar-refractivity contribution is 6.31. The molecule has 0 fully saturated rings. The molecule has 0 aromatic heterocycles. The number of hydrogen-bond donors (Lipinski definition) is 1. The Bertz CT molecular complexity index is 699. The van der Waals surface area contributed by atoms with E-state index in [1.807, 2.05) is 0 Å². The van der Waals surface area contributed by atoms with Gasteiger partial charge in [-0.2, -0.15) is 0 Å². The molecule has 0 atom stereocenters. The second-order valence-electron chi connectivity index (χ2n) is 4.54. The van der Waals surface area contributed by atoms with Gasteiger partial charge in [-0.25, -0.2) is 4.79 Å². The van der Waals surface area contributed by atoms with Crippen LogP contribution < -0.4 is 5.32 Å². The Labute approximate surface area is 138 Å². The number of ether oxygens (including phenoxy) is 1. The molecule has 2 aromatic rings. The molecule has 0 bridgehead atoms. The molecule has 4 nitrogen and oxygen atoms in total. The van der Waals surface area contributed by atoms with Crippen LogP contribution in [-0.4, -0.2) is 18.5 Å². The smallest absolute Gasteiger partial charge is 0.338 e. The van der Waals surface area contributed by atoms with Gasteiger partial charge in [0.25, 0.3) is 5.91 Å². The number of benzene rings is 2. The molecule has 6 heteroatoms. The molecule has 0 unspecified atom stereocenters. The van der Waals surface area contributed by atoms with Gasteiger partial charge in [0.2, 0.25) is 0 Å². The van der Waals surface area contributed by atoms with Gasteiger partial charge in [-0.3, -0.25) is 4.79 Å². The van der Waals surface area contributed by atoms with Crippen molar-refractivity contribution in [2.45, 2.75) is 6.92 Å². The number of carbonyl (C=O) groups is 2. The van der Waals surface area contributed by atoms with Gasteiger partial charge in [-0.15, -0.1) is 0 Å². The van der Waals surface area contributed by atoms with E-state index >= 15 is 0 Å². The second kappa shape index (κ2) is 7.29. The summed E-state index contributed by atoms with van der Waals surface area (Å²) in [6, 6.07) is 11.4. The minimum absolute atomic E-state index is 0.330. The number of amides is 1. The van der Waals surface area contributed by atoms with E-state index in [4.69, 9.17) is 27.9 Å². The van der Waals surface area contributed by atoms with Gasteiger partial charge in [-0.1, -0.05) is 29.3 Å². The Kier molecular flexibility index (Phi) is 5.41. The van der Waals surface area contributed by atoms with Crippen molar-refractivity contribution in [2.75, 3.05) is 11.9 Å². The molecule has 0 aliphatic carbocycles. The molecule has 0 saturated carbocycles. The van der Waals surface area contributed by atoms with Gasteiger partial charge in [0.15, 0.2) is 6.61 Å². The highest BCUT2D eigenvalue weighted by Gasteiger charge is 2.11. The van der Waals surface area contributed by atoms with Gasteiger partial charge < -0.3 is 10.1 Å². The van der Waals surface area contributed by atoms with Crippen molar-refractivity contribution in [2.24, 2.45) is 0 Å². The maximum absolute atomic E-state index is 11.8. The lowest BCUT2D eigenvalue weighted by Crippen LogP contribution is -2.21. The van der Waals surface area contributed by atoms with Crippen LogP contribution >= 0.6 is 23.2 Å². The molecule has 114 valence electrons. The quantitative estimate of drug-likeness (QED) is 0.854. The van der Waals surface area contributed by atoms with Gasteiger partial charge in [0, 0.05) is 15.7 Å². The first-order valence-electron chi connectivity index (χ1n) is 6.45. The van der Waals surface area contributed by atoms with Crippen molar-refractivity contribution < 1.29 is 14.3 Å². The Morgan fingerprint density at radius 1 is 1.09 bits per heavy atom. The van der Waals surface area contributed by atoms with Crippen LogP contribution in [0, 0.1) is 6.92 Å². The third kappa shape index (κ3) is 4.23. The molecule has 2 rings (SSSR count). The summed E-state index contributed by atoms with van der Waals surface area (Å²) in [5.74, 6) is -1.03. The lowest BCUT2D eigenvalue weighted by molar-refractivity contribution is -0.119. The summed E-state index contributed by atoms with van der Waals surface area (Å²) in [7, 11) is 0. The summed E-state index contributed by atoms with van der Waals surface area (Å²) in [6.07, 6.45) is 0. The topological polar surface area (TPSA) is 55.4 Å². The third-order valence-corrected chi connectivity index (χ3v) is 3.62. The first-order valence-corrected chi connectivity index (χ1v) is 7.20. The molecule has 1 amide bonds. The molecule has 0 aliphatic heterocycles. The van der Waals surface area contributed by atoms with Crippen molar-refractivity contribution in [3.63, 3.8) is 0 Å². The zero-order chi connectivity index (χ0) is 16.1. The van der Waals surface area contributed by atoms with Crippen LogP contribution in [0.5, 0.6) is 0 Å². The molecule has 0 radical (unpaired) electrons. The van der Waals surface area contributed by atoms with E-state index in [9.17, 15) is 9.59 Å². The molecule has 0 heterocycles. The number of hydrogen-bond acceptors (Lipinski definition) is 3. The average Bonchev–Trinajstić information content (AvgIpc) is 2.50. The molecule has 0 spiro atoms. The summed E-state index contributed by atoms with van der Waals surface area (Å²) in [5.41, 5.74) is 1.66. The number of esters is 1. The molecular weight excluding hydrogens is 325 g/mol. The highest BCUT2D eigenvalue weighted by atomic mass is 35.5. The van der Waals surface area contributed by atoms with Crippen molar-refractivity contribution in [3.05, 3.63) is 63.6 Å². The van der Waals surface area contributed by atoms with Gasteiger partial charge in [0.05, 0.1) is 5.56 Å². The van der Waals surface area contributed by atoms with Gasteiger partial charge in [-0.05, 0) is 48.9 Å². The summed E-state index contributed by atoms with van der Waals surface area (Å²) in [4.78, 5) is 23.6. The molecule has 2 aromatic carbocycles. The number of nitrogens with one attached hydrogen (secondary N) is 1. The molecular formula is C16H13Cl2NO3. The first-order chi connectivity index (χ1) is 10.5. The van der Waals surface area contributed by atoms with Crippen LogP contribution in [0.25, 0.3) is 0 Å². The standard InChI is InChI=1S/C16H13Cl2NO3/c1-10-13(18)3-2-4-14(10)19-15(20)9-22-16(21)11-5-7-12(17)8-6-11/h2-8H,9H2,1H3,(H,19,20). The predicted molar refractivity (Wildman–Crippen MR) is 86.6 cm³/mol. The lowest BCUT2D eigenvalue weighted by atomic mass is 10.2. The maximum Gasteiger partial charge on any atom is 0.338 e. The van der Waals surface area contributed by atoms with Crippen molar-refractivity contribution in [3.8, 4) is 0 Å². The normalized spacial score (nSPS) is 10.1. The van der Waals surface area contributed by atoms with E-state index in [0.717, 1.165) is 5.56 Å². The fourth-order valence-electron chi connectivity index (χ4n) is 1.73. The number of rotatable bonds is 4. The van der Waals surface area contributed by atoms with E-state index in [2.05, 4.69) is 5.32 Å². The van der Waals surface area contributed by atoms with Crippen LogP contribution in [0.4, 0.5) is 5.69 Å². The maximum atomic E-state index is 11.8. The highest BCUT2D eigenvalue weighted by Crippen LogP contribution is 2.22. The fourth-order valence-corrected chi connectivity index (χ4v) is 2.03. The fraction of sp³-hybridized carbons (Fsp3) is 0.125. The van der Waals surface area contributed by atoms with Crippen LogP contribution in [0.3, 0.4) is 0 Å².